The van der Waals surface area contributed by atoms with Gasteiger partial charge < -0.3 is 10.3 Å². The van der Waals surface area contributed by atoms with Gasteiger partial charge in [0.2, 0.25) is 5.82 Å². The summed E-state index contributed by atoms with van der Waals surface area (Å²) >= 11 is 5.99. The average molecular weight is 354 g/mol. The molecule has 0 fully saturated rings. The number of halogens is 4. The van der Waals surface area contributed by atoms with Crippen molar-refractivity contribution in [3.8, 4) is 0 Å². The van der Waals surface area contributed by atoms with Gasteiger partial charge in [-0.3, -0.25) is 0 Å². The fourth-order valence-corrected chi connectivity index (χ4v) is 3.16. The molecule has 4 rings (SSSR count). The first-order valence-corrected chi connectivity index (χ1v) is 7.63. The number of nitrogens with one attached hydrogen (secondary N) is 2. The highest BCUT2D eigenvalue weighted by atomic mass is 35.5. The molecule has 1 aliphatic rings. The van der Waals surface area contributed by atoms with Crippen LogP contribution >= 0.6 is 11.6 Å². The number of alkyl halides is 3. The first-order chi connectivity index (χ1) is 11.4. The van der Waals surface area contributed by atoms with Crippen molar-refractivity contribution in [2.24, 2.45) is 0 Å². The molecule has 0 saturated carbocycles. The standard InChI is InChI=1S/C15H11ClF3N5/c16-8-2-3-9-7(5-8)1-4-10(9)22-13-11-12(21-6-20-11)23-14(24-13)15(17,18)19/h2-3,5-6,10H,1,4H2,(H2,20,21,22,23,24). The maximum Gasteiger partial charge on any atom is 0.451 e. The normalized spacial score (nSPS) is 17.2. The highest BCUT2D eigenvalue weighted by Gasteiger charge is 2.36. The number of benzene rings is 1. The first-order valence-electron chi connectivity index (χ1n) is 7.25. The van der Waals surface area contributed by atoms with Crippen molar-refractivity contribution in [3.05, 3.63) is 46.5 Å². The van der Waals surface area contributed by atoms with Gasteiger partial charge in [0.1, 0.15) is 5.52 Å². The maximum absolute atomic E-state index is 13.0. The lowest BCUT2D eigenvalue weighted by Crippen LogP contribution is -2.15. The van der Waals surface area contributed by atoms with Gasteiger partial charge in [-0.05, 0) is 36.1 Å². The van der Waals surface area contributed by atoms with Crippen molar-refractivity contribution in [3.63, 3.8) is 0 Å². The van der Waals surface area contributed by atoms with Crippen molar-refractivity contribution in [2.45, 2.75) is 25.1 Å². The van der Waals surface area contributed by atoms with Gasteiger partial charge in [0.25, 0.3) is 0 Å². The Morgan fingerprint density at radius 2 is 2.08 bits per heavy atom. The van der Waals surface area contributed by atoms with Crippen LogP contribution in [-0.4, -0.2) is 19.9 Å². The van der Waals surface area contributed by atoms with Crippen LogP contribution in [0.5, 0.6) is 0 Å². The van der Waals surface area contributed by atoms with Crippen LogP contribution in [-0.2, 0) is 12.6 Å². The van der Waals surface area contributed by atoms with Gasteiger partial charge in [0, 0.05) is 5.02 Å². The van der Waals surface area contributed by atoms with E-state index < -0.39 is 12.0 Å². The fraction of sp³-hybridized carbons (Fsp3) is 0.267. The second kappa shape index (κ2) is 5.34. The number of fused-ring (bicyclic) bond motifs is 2. The van der Waals surface area contributed by atoms with Crippen molar-refractivity contribution in [1.29, 1.82) is 0 Å². The Bertz CT molecular complexity index is 921. The molecule has 1 unspecified atom stereocenters. The number of imidazole rings is 1. The summed E-state index contributed by atoms with van der Waals surface area (Å²) in [6, 6.07) is 5.40. The predicted octanol–water partition coefficient (Wildman–Crippen LogP) is 4.12. The van der Waals surface area contributed by atoms with Gasteiger partial charge in [-0.25, -0.2) is 15.0 Å². The van der Waals surface area contributed by atoms with E-state index in [1.54, 1.807) is 6.07 Å². The molecule has 124 valence electrons. The lowest BCUT2D eigenvalue weighted by molar-refractivity contribution is -0.144. The molecule has 0 radical (unpaired) electrons. The summed E-state index contributed by atoms with van der Waals surface area (Å²) in [7, 11) is 0. The van der Waals surface area contributed by atoms with Gasteiger partial charge in [-0.1, -0.05) is 17.7 Å². The third-order valence-electron chi connectivity index (χ3n) is 4.03. The highest BCUT2D eigenvalue weighted by molar-refractivity contribution is 6.30. The van der Waals surface area contributed by atoms with Gasteiger partial charge in [0.15, 0.2) is 11.5 Å². The molecule has 3 aromatic rings. The van der Waals surface area contributed by atoms with Crippen LogP contribution in [0.25, 0.3) is 11.2 Å². The monoisotopic (exact) mass is 353 g/mol. The summed E-state index contributed by atoms with van der Waals surface area (Å²) in [6.07, 6.45) is -1.79. The molecular weight excluding hydrogens is 343 g/mol. The van der Waals surface area contributed by atoms with E-state index >= 15 is 0 Å². The first kappa shape index (κ1) is 15.2. The quantitative estimate of drug-likeness (QED) is 0.727. The molecule has 2 N–H and O–H groups in total. The Hall–Kier alpha value is -2.35. The van der Waals surface area contributed by atoms with E-state index in [0.717, 1.165) is 24.0 Å². The molecule has 1 aromatic carbocycles. The number of nitrogens with zero attached hydrogens (tertiary/aromatic N) is 3. The van der Waals surface area contributed by atoms with Gasteiger partial charge in [-0.15, -0.1) is 0 Å². The Morgan fingerprint density at radius 3 is 2.88 bits per heavy atom. The molecule has 0 amide bonds. The lowest BCUT2D eigenvalue weighted by Gasteiger charge is -2.16. The topological polar surface area (TPSA) is 66.5 Å². The largest absolute Gasteiger partial charge is 0.451 e. The minimum absolute atomic E-state index is 0.0193. The molecular formula is C15H11ClF3N5. The molecule has 0 saturated heterocycles. The second-order valence-corrected chi connectivity index (χ2v) is 6.01. The SMILES string of the molecule is FC(F)(F)c1nc(NC2CCc3cc(Cl)ccc32)c2[nH]cnc2n1. The zero-order valence-corrected chi connectivity index (χ0v) is 12.9. The molecule has 0 bridgehead atoms. The summed E-state index contributed by atoms with van der Waals surface area (Å²) < 4.78 is 39.0. The number of aromatic amines is 1. The Kier molecular flexibility index (Phi) is 3.38. The van der Waals surface area contributed by atoms with Gasteiger partial charge in [-0.2, -0.15) is 13.2 Å². The predicted molar refractivity (Wildman–Crippen MR) is 82.8 cm³/mol. The molecule has 2 heterocycles. The summed E-state index contributed by atoms with van der Waals surface area (Å²) in [5.41, 5.74) is 2.43. The summed E-state index contributed by atoms with van der Waals surface area (Å²) in [4.78, 5) is 13.7. The van der Waals surface area contributed by atoms with Crippen LogP contribution in [0.15, 0.2) is 24.5 Å². The molecule has 1 aliphatic carbocycles. The van der Waals surface area contributed by atoms with Crippen LogP contribution in [0.4, 0.5) is 19.0 Å². The molecule has 1 atom stereocenters. The summed E-state index contributed by atoms with van der Waals surface area (Å²) in [6.45, 7) is 0. The molecule has 9 heteroatoms. The summed E-state index contributed by atoms with van der Waals surface area (Å²) in [5.74, 6) is -1.11. The Morgan fingerprint density at radius 1 is 1.25 bits per heavy atom. The second-order valence-electron chi connectivity index (χ2n) is 5.57. The average Bonchev–Trinajstić information content (AvgIpc) is 3.13. The van der Waals surface area contributed by atoms with Crippen molar-refractivity contribution in [2.75, 3.05) is 5.32 Å². The Balaban J connectivity index is 1.74. The minimum Gasteiger partial charge on any atom is -0.361 e. The fourth-order valence-electron chi connectivity index (χ4n) is 2.97. The van der Waals surface area contributed by atoms with Crippen LogP contribution in [0, 0.1) is 0 Å². The van der Waals surface area contributed by atoms with Gasteiger partial charge >= 0.3 is 6.18 Å². The lowest BCUT2D eigenvalue weighted by atomic mass is 10.1. The van der Waals surface area contributed by atoms with E-state index in [1.165, 1.54) is 6.33 Å². The molecule has 2 aromatic heterocycles. The van der Waals surface area contributed by atoms with Crippen LogP contribution in [0.2, 0.25) is 5.02 Å². The number of H-pyrrole nitrogens is 1. The van der Waals surface area contributed by atoms with E-state index in [0.29, 0.717) is 10.5 Å². The molecule has 5 nitrogen and oxygen atoms in total. The third-order valence-corrected chi connectivity index (χ3v) is 4.27. The molecule has 0 aliphatic heterocycles. The van der Waals surface area contributed by atoms with Crippen molar-refractivity contribution >= 4 is 28.6 Å². The smallest absolute Gasteiger partial charge is 0.361 e. The molecule has 24 heavy (non-hydrogen) atoms. The zero-order valence-electron chi connectivity index (χ0n) is 12.2. The minimum atomic E-state index is -4.63. The maximum atomic E-state index is 13.0. The number of aromatic nitrogens is 4. The zero-order chi connectivity index (χ0) is 16.9. The summed E-state index contributed by atoms with van der Waals surface area (Å²) in [5, 5.41) is 3.74. The van der Waals surface area contributed by atoms with E-state index in [2.05, 4.69) is 25.3 Å². The number of rotatable bonds is 2. The number of aryl methyl sites for hydroxylation is 1. The van der Waals surface area contributed by atoms with E-state index in [9.17, 15) is 13.2 Å². The Labute approximate surface area is 139 Å². The number of anilines is 1. The van der Waals surface area contributed by atoms with Crippen molar-refractivity contribution in [1.82, 2.24) is 19.9 Å². The molecule has 0 spiro atoms. The number of hydrogen-bond donors (Lipinski definition) is 2. The highest BCUT2D eigenvalue weighted by Crippen LogP contribution is 2.36. The van der Waals surface area contributed by atoms with Crippen LogP contribution in [0.1, 0.15) is 29.4 Å². The van der Waals surface area contributed by atoms with E-state index in [-0.39, 0.29) is 17.5 Å². The van der Waals surface area contributed by atoms with E-state index in [4.69, 9.17) is 11.6 Å². The number of hydrogen-bond acceptors (Lipinski definition) is 4. The van der Waals surface area contributed by atoms with Crippen LogP contribution in [0.3, 0.4) is 0 Å². The third kappa shape index (κ3) is 2.56. The van der Waals surface area contributed by atoms with E-state index in [1.807, 2.05) is 12.1 Å². The van der Waals surface area contributed by atoms with Crippen molar-refractivity contribution < 1.29 is 13.2 Å². The van der Waals surface area contributed by atoms with Gasteiger partial charge in [0.05, 0.1) is 12.4 Å². The van der Waals surface area contributed by atoms with Crippen LogP contribution < -0.4 is 5.32 Å².